The molecule has 0 radical (unpaired) electrons. The van der Waals surface area contributed by atoms with Gasteiger partial charge in [-0.15, -0.1) is 0 Å². The van der Waals surface area contributed by atoms with E-state index in [-0.39, 0.29) is 33.8 Å². The van der Waals surface area contributed by atoms with Crippen molar-refractivity contribution < 1.29 is 74.1 Å². The molecule has 44 heavy (non-hydrogen) atoms. The standard InChI is InChI=1S/C28H32O16/c1-9-18(32)21(35)23(37)27(40-9)42-14-5-10(3-4-12(14)30)25-26(44-28-24(38)22(36)19(33)16(8-29)43-28)20(34)17-13(31)6-11(39-2)7-15(17)41-25/h3-7,9,16,18-19,21-24,27-33,35-38H,8H2,1-2H3/t9-,16-,18-,19+,21-,22-,23-,24-,27-,28+/m0/s1. The molecule has 2 saturated heterocycles. The van der Waals surface area contributed by atoms with Crippen molar-refractivity contribution in [1.29, 1.82) is 0 Å². The van der Waals surface area contributed by atoms with Crippen LogP contribution >= 0.6 is 0 Å². The van der Waals surface area contributed by atoms with E-state index in [0.717, 1.165) is 18.2 Å². The Labute approximate surface area is 248 Å². The van der Waals surface area contributed by atoms with Crippen molar-refractivity contribution in [2.75, 3.05) is 13.7 Å². The van der Waals surface area contributed by atoms with Crippen LogP contribution in [0.3, 0.4) is 0 Å². The van der Waals surface area contributed by atoms with E-state index >= 15 is 0 Å². The van der Waals surface area contributed by atoms with E-state index in [1.165, 1.54) is 26.2 Å². The fraction of sp³-hybridized carbons (Fsp3) is 0.464. The van der Waals surface area contributed by atoms with Gasteiger partial charge in [0.05, 0.1) is 19.8 Å². The van der Waals surface area contributed by atoms with Gasteiger partial charge in [-0.25, -0.2) is 0 Å². The first-order chi connectivity index (χ1) is 20.9. The minimum Gasteiger partial charge on any atom is -0.507 e. The fourth-order valence-corrected chi connectivity index (χ4v) is 4.94. The van der Waals surface area contributed by atoms with Crippen LogP contribution in [0.2, 0.25) is 0 Å². The highest BCUT2D eigenvalue weighted by molar-refractivity contribution is 5.88. The second kappa shape index (κ2) is 12.4. The van der Waals surface area contributed by atoms with E-state index in [0.29, 0.717) is 0 Å². The van der Waals surface area contributed by atoms with E-state index in [1.807, 2.05) is 0 Å². The number of methoxy groups -OCH3 is 1. The molecule has 0 amide bonds. The van der Waals surface area contributed by atoms with E-state index in [4.69, 9.17) is 28.1 Å². The van der Waals surface area contributed by atoms with Gasteiger partial charge in [-0.05, 0) is 25.1 Å². The fourth-order valence-electron chi connectivity index (χ4n) is 4.94. The number of benzene rings is 2. The van der Waals surface area contributed by atoms with Crippen LogP contribution in [-0.4, -0.2) is 121 Å². The summed E-state index contributed by atoms with van der Waals surface area (Å²) in [6.07, 6.45) is -15.9. The second-order valence-corrected chi connectivity index (χ2v) is 10.4. The molecule has 2 fully saturated rings. The zero-order valence-electron chi connectivity index (χ0n) is 23.3. The lowest BCUT2D eigenvalue weighted by atomic mass is 9.99. The molecule has 0 spiro atoms. The number of aliphatic hydroxyl groups is 7. The lowest BCUT2D eigenvalue weighted by molar-refractivity contribution is -0.277. The van der Waals surface area contributed by atoms with Crippen molar-refractivity contribution >= 4 is 11.0 Å². The van der Waals surface area contributed by atoms with E-state index in [2.05, 4.69) is 0 Å². The molecular formula is C28H32O16. The van der Waals surface area contributed by atoms with Crippen molar-refractivity contribution in [2.45, 2.75) is 68.3 Å². The Morgan fingerprint density at radius 1 is 0.795 bits per heavy atom. The molecule has 2 aliphatic heterocycles. The molecule has 0 unspecified atom stereocenters. The van der Waals surface area contributed by atoms with Gasteiger partial charge in [0.15, 0.2) is 17.3 Å². The zero-order valence-corrected chi connectivity index (χ0v) is 23.3. The third-order valence-electron chi connectivity index (χ3n) is 7.50. The summed E-state index contributed by atoms with van der Waals surface area (Å²) >= 11 is 0. The molecule has 3 aromatic rings. The van der Waals surface area contributed by atoms with Crippen molar-refractivity contribution in [3.63, 3.8) is 0 Å². The molecule has 2 aliphatic rings. The van der Waals surface area contributed by atoms with Crippen molar-refractivity contribution in [3.05, 3.63) is 40.6 Å². The SMILES string of the molecule is COc1cc(O)c2c(=O)c(O[C@H]3O[C@@H](CO)[C@@H](O)[C@H](O)[C@@H]3O)c(-c3ccc(O)c(O[C@@H]4O[C@@H](C)[C@H](O)[C@H](O)[C@@H]4O)c3)oc2c1. The highest BCUT2D eigenvalue weighted by atomic mass is 16.7. The summed E-state index contributed by atoms with van der Waals surface area (Å²) in [4.78, 5) is 13.8. The molecule has 5 rings (SSSR count). The zero-order chi connectivity index (χ0) is 32.0. The van der Waals surface area contributed by atoms with Gasteiger partial charge in [-0.2, -0.15) is 0 Å². The number of fused-ring (bicyclic) bond motifs is 1. The van der Waals surface area contributed by atoms with Crippen LogP contribution in [0, 0.1) is 0 Å². The number of ether oxygens (including phenoxy) is 5. The van der Waals surface area contributed by atoms with Crippen LogP contribution in [-0.2, 0) is 9.47 Å². The average molecular weight is 625 g/mol. The number of aliphatic hydroxyl groups excluding tert-OH is 7. The molecule has 9 N–H and O–H groups in total. The third-order valence-corrected chi connectivity index (χ3v) is 7.50. The summed E-state index contributed by atoms with van der Waals surface area (Å²) in [6, 6.07) is 6.03. The molecule has 3 heterocycles. The molecule has 0 saturated carbocycles. The number of aromatic hydroxyl groups is 2. The highest BCUT2D eigenvalue weighted by Gasteiger charge is 2.46. The van der Waals surface area contributed by atoms with Crippen molar-refractivity contribution in [3.8, 4) is 40.1 Å². The molecule has 0 aliphatic carbocycles. The van der Waals surface area contributed by atoms with Gasteiger partial charge in [-0.1, -0.05) is 0 Å². The Balaban J connectivity index is 1.62. The first-order valence-corrected chi connectivity index (χ1v) is 13.4. The van der Waals surface area contributed by atoms with Gasteiger partial charge < -0.3 is 74.1 Å². The predicted octanol–water partition coefficient (Wildman–Crippen LogP) is -1.74. The summed E-state index contributed by atoms with van der Waals surface area (Å²) in [6.45, 7) is 0.658. The topological polar surface area (TPSA) is 258 Å². The van der Waals surface area contributed by atoms with E-state index in [9.17, 15) is 50.8 Å². The number of phenols is 2. The average Bonchev–Trinajstić information content (AvgIpc) is 3.00. The maximum Gasteiger partial charge on any atom is 0.239 e. The number of rotatable bonds is 7. The van der Waals surface area contributed by atoms with Crippen molar-refractivity contribution in [1.82, 2.24) is 0 Å². The van der Waals surface area contributed by atoms with Gasteiger partial charge in [-0.3, -0.25) is 4.79 Å². The maximum absolute atomic E-state index is 13.8. The van der Waals surface area contributed by atoms with Crippen LogP contribution in [0.25, 0.3) is 22.3 Å². The Morgan fingerprint density at radius 3 is 2.11 bits per heavy atom. The lowest BCUT2D eigenvalue weighted by Gasteiger charge is -2.39. The van der Waals surface area contributed by atoms with Gasteiger partial charge in [0, 0.05) is 17.7 Å². The van der Waals surface area contributed by atoms with Crippen LogP contribution in [0.5, 0.6) is 28.7 Å². The van der Waals surface area contributed by atoms with Crippen LogP contribution in [0.4, 0.5) is 0 Å². The predicted molar refractivity (Wildman–Crippen MR) is 145 cm³/mol. The number of hydrogen-bond acceptors (Lipinski definition) is 16. The largest absolute Gasteiger partial charge is 0.507 e. The lowest BCUT2D eigenvalue weighted by Crippen LogP contribution is -2.60. The van der Waals surface area contributed by atoms with Crippen molar-refractivity contribution in [2.24, 2.45) is 0 Å². The molecule has 16 heteroatoms. The monoisotopic (exact) mass is 624 g/mol. The van der Waals surface area contributed by atoms with E-state index in [1.54, 1.807) is 0 Å². The highest BCUT2D eigenvalue weighted by Crippen LogP contribution is 2.40. The van der Waals surface area contributed by atoms with Crippen LogP contribution in [0.15, 0.2) is 39.5 Å². The maximum atomic E-state index is 13.8. The second-order valence-electron chi connectivity index (χ2n) is 10.4. The van der Waals surface area contributed by atoms with Crippen LogP contribution < -0.4 is 19.6 Å². The normalized spacial score (nSPS) is 32.4. The molecule has 240 valence electrons. The Morgan fingerprint density at radius 2 is 1.45 bits per heavy atom. The molecule has 2 aromatic carbocycles. The minimum absolute atomic E-state index is 0.00219. The molecule has 16 nitrogen and oxygen atoms in total. The van der Waals surface area contributed by atoms with Crippen LogP contribution in [0.1, 0.15) is 6.92 Å². The Hall–Kier alpha value is -3.71. The Bertz CT molecular complexity index is 1550. The first kappa shape index (κ1) is 31.7. The third kappa shape index (κ3) is 5.63. The smallest absolute Gasteiger partial charge is 0.239 e. The summed E-state index contributed by atoms with van der Waals surface area (Å²) in [7, 11) is 1.32. The summed E-state index contributed by atoms with van der Waals surface area (Å²) in [5, 5.41) is 91.8. The van der Waals surface area contributed by atoms with E-state index < -0.39 is 90.7 Å². The molecular weight excluding hydrogens is 592 g/mol. The van der Waals surface area contributed by atoms with Gasteiger partial charge >= 0.3 is 0 Å². The van der Waals surface area contributed by atoms with Gasteiger partial charge in [0.2, 0.25) is 23.8 Å². The number of hydrogen-bond donors (Lipinski definition) is 9. The minimum atomic E-state index is -1.91. The summed E-state index contributed by atoms with van der Waals surface area (Å²) < 4.78 is 33.3. The number of phenolic OH excluding ortho intramolecular Hbond substituents is 2. The van der Waals surface area contributed by atoms with Gasteiger partial charge in [0.25, 0.3) is 0 Å². The summed E-state index contributed by atoms with van der Waals surface area (Å²) in [5.74, 6) is -2.22. The molecule has 1 aromatic heterocycles. The van der Waals surface area contributed by atoms with Gasteiger partial charge in [0.1, 0.15) is 65.2 Å². The quantitative estimate of drug-likeness (QED) is 0.141. The first-order valence-electron chi connectivity index (χ1n) is 13.4. The summed E-state index contributed by atoms with van der Waals surface area (Å²) in [5.41, 5.74) is -1.14. The molecule has 0 bridgehead atoms. The Kier molecular flexibility index (Phi) is 8.90. The molecule has 10 atom stereocenters.